The highest BCUT2D eigenvalue weighted by Crippen LogP contribution is 2.46. The minimum Gasteiger partial charge on any atom is -0.494 e. The number of benzene rings is 2. The number of amides is 1. The van der Waals surface area contributed by atoms with Crippen LogP contribution >= 0.6 is 0 Å². The largest absolute Gasteiger partial charge is 0.494 e. The zero-order valence-electron chi connectivity index (χ0n) is 27.8. The Morgan fingerprint density at radius 3 is 2.53 bits per heavy atom. The molecule has 4 aromatic rings. The van der Waals surface area contributed by atoms with Crippen molar-refractivity contribution >= 4 is 34.3 Å². The molecule has 2 aromatic heterocycles. The highest BCUT2D eigenvalue weighted by molar-refractivity contribution is 5.95. The fourth-order valence-corrected chi connectivity index (χ4v) is 8.37. The van der Waals surface area contributed by atoms with Crippen LogP contribution in [0.5, 0.6) is 5.75 Å². The number of rotatable bonds is 7. The number of carboxylic acid groups (broad SMARTS) is 1. The summed E-state index contributed by atoms with van der Waals surface area (Å²) in [5.74, 6) is 1.30. The van der Waals surface area contributed by atoms with Crippen molar-refractivity contribution < 1.29 is 14.6 Å². The van der Waals surface area contributed by atoms with Crippen LogP contribution in [0.1, 0.15) is 52.5 Å². The Hall–Kier alpha value is -4.31. The van der Waals surface area contributed by atoms with E-state index in [1.807, 2.05) is 12.3 Å². The summed E-state index contributed by atoms with van der Waals surface area (Å²) in [5, 5.41) is 14.3. The van der Waals surface area contributed by atoms with Gasteiger partial charge in [-0.15, -0.1) is 0 Å². The predicted molar refractivity (Wildman–Crippen MR) is 185 cm³/mol. The first-order valence-corrected chi connectivity index (χ1v) is 17.0. The van der Waals surface area contributed by atoms with Gasteiger partial charge in [0.2, 0.25) is 5.95 Å². The number of anilines is 3. The number of carbonyl (C=O) groups is 1. The highest BCUT2D eigenvalue weighted by atomic mass is 16.5. The van der Waals surface area contributed by atoms with Gasteiger partial charge in [0.05, 0.1) is 24.5 Å². The zero-order valence-corrected chi connectivity index (χ0v) is 27.8. The minimum absolute atomic E-state index is 0.0496. The van der Waals surface area contributed by atoms with Gasteiger partial charge in [-0.05, 0) is 68.5 Å². The third-order valence-corrected chi connectivity index (χ3v) is 11.0. The van der Waals surface area contributed by atoms with Crippen LogP contribution in [0.25, 0.3) is 22.2 Å². The molecule has 2 aromatic carbocycles. The molecule has 3 aliphatic heterocycles. The fraction of sp³-hybridized carbons (Fsp3) is 0.486. The Kier molecular flexibility index (Phi) is 7.13. The van der Waals surface area contributed by atoms with Gasteiger partial charge in [0.15, 0.2) is 0 Å². The van der Waals surface area contributed by atoms with E-state index < -0.39 is 6.09 Å². The fourth-order valence-electron chi connectivity index (χ4n) is 8.37. The lowest BCUT2D eigenvalue weighted by Gasteiger charge is -2.60. The Morgan fingerprint density at radius 1 is 1.06 bits per heavy atom. The van der Waals surface area contributed by atoms with Crippen molar-refractivity contribution in [2.24, 2.45) is 10.8 Å². The number of hydrogen-bond acceptors (Lipinski definition) is 7. The van der Waals surface area contributed by atoms with E-state index in [9.17, 15) is 9.90 Å². The van der Waals surface area contributed by atoms with Crippen molar-refractivity contribution in [1.82, 2.24) is 24.3 Å². The van der Waals surface area contributed by atoms with E-state index in [0.717, 1.165) is 67.4 Å². The first kappa shape index (κ1) is 30.1. The summed E-state index contributed by atoms with van der Waals surface area (Å²) >= 11 is 0. The number of aromatic nitrogens is 3. The molecule has 0 radical (unpaired) electrons. The quantitative estimate of drug-likeness (QED) is 0.227. The Balaban J connectivity index is 0.923. The minimum atomic E-state index is -0.796. The molecule has 10 heteroatoms. The summed E-state index contributed by atoms with van der Waals surface area (Å²) in [6, 6.07) is 17.8. The number of para-hydroxylation sites is 1. The van der Waals surface area contributed by atoms with Gasteiger partial charge in [0, 0.05) is 77.7 Å². The second-order valence-electron chi connectivity index (χ2n) is 15.2. The van der Waals surface area contributed by atoms with Crippen molar-refractivity contribution in [1.29, 1.82) is 0 Å². The smallest absolute Gasteiger partial charge is 0.407 e. The lowest BCUT2D eigenvalue weighted by Crippen LogP contribution is -2.73. The van der Waals surface area contributed by atoms with Gasteiger partial charge in [-0.2, -0.15) is 0 Å². The van der Waals surface area contributed by atoms with Crippen LogP contribution < -0.4 is 15.0 Å². The van der Waals surface area contributed by atoms with Crippen LogP contribution in [-0.2, 0) is 0 Å². The molecule has 2 N–H and O–H groups in total. The van der Waals surface area contributed by atoms with Gasteiger partial charge in [-0.25, -0.2) is 14.8 Å². The average Bonchev–Trinajstić information content (AvgIpc) is 3.79. The molecule has 0 bridgehead atoms. The molecular formula is C37H45N7O3. The molecule has 1 saturated carbocycles. The molecule has 10 nitrogen and oxygen atoms in total. The number of methoxy groups -OCH3 is 1. The molecule has 2 atom stereocenters. The number of nitrogens with zero attached hydrogens (tertiary/aromatic N) is 6. The molecule has 47 heavy (non-hydrogen) atoms. The van der Waals surface area contributed by atoms with Gasteiger partial charge in [-0.3, -0.25) is 4.90 Å². The van der Waals surface area contributed by atoms with Crippen molar-refractivity contribution in [3.05, 3.63) is 60.9 Å². The molecular weight excluding hydrogens is 590 g/mol. The summed E-state index contributed by atoms with van der Waals surface area (Å²) in [4.78, 5) is 27.9. The second-order valence-corrected chi connectivity index (χ2v) is 15.2. The van der Waals surface area contributed by atoms with Crippen LogP contribution in [0, 0.1) is 10.8 Å². The Labute approximate surface area is 276 Å². The first-order chi connectivity index (χ1) is 22.6. The molecule has 246 valence electrons. The first-order valence-electron chi connectivity index (χ1n) is 17.0. The summed E-state index contributed by atoms with van der Waals surface area (Å²) < 4.78 is 8.24. The van der Waals surface area contributed by atoms with Gasteiger partial charge in [0.25, 0.3) is 0 Å². The summed E-state index contributed by atoms with van der Waals surface area (Å²) in [6.07, 6.45) is 8.02. The average molecular weight is 636 g/mol. The van der Waals surface area contributed by atoms with Crippen molar-refractivity contribution in [2.75, 3.05) is 50.1 Å². The van der Waals surface area contributed by atoms with Gasteiger partial charge < -0.3 is 29.5 Å². The number of likely N-dealkylation sites (tertiary alicyclic amines) is 2. The molecule has 8 rings (SSSR count). The van der Waals surface area contributed by atoms with Crippen molar-refractivity contribution in [2.45, 2.75) is 64.6 Å². The lowest BCUT2D eigenvalue weighted by molar-refractivity contribution is -0.0817. The Morgan fingerprint density at radius 2 is 1.83 bits per heavy atom. The van der Waals surface area contributed by atoms with Crippen LogP contribution in [0.2, 0.25) is 0 Å². The van der Waals surface area contributed by atoms with E-state index in [1.165, 1.54) is 23.7 Å². The van der Waals surface area contributed by atoms with E-state index in [-0.39, 0.29) is 11.5 Å². The molecule has 1 amide bonds. The number of nitrogens with one attached hydrogen (secondary N) is 1. The Bertz CT molecular complexity index is 1810. The van der Waals surface area contributed by atoms with E-state index in [2.05, 4.69) is 94.1 Å². The lowest BCUT2D eigenvalue weighted by atomic mass is 9.70. The number of fused-ring (bicyclic) bond motifs is 1. The zero-order chi connectivity index (χ0) is 32.5. The monoisotopic (exact) mass is 635 g/mol. The van der Waals surface area contributed by atoms with E-state index in [0.29, 0.717) is 30.0 Å². The number of ether oxygens (including phenoxy) is 1. The summed E-state index contributed by atoms with van der Waals surface area (Å²) in [7, 11) is 1.71. The van der Waals surface area contributed by atoms with E-state index in [4.69, 9.17) is 9.72 Å². The number of hydrogen-bond donors (Lipinski definition) is 2. The molecule has 4 aliphatic rings. The maximum atomic E-state index is 11.8. The third kappa shape index (κ3) is 5.36. The predicted octanol–water partition coefficient (Wildman–Crippen LogP) is 6.86. The topological polar surface area (TPSA) is 99.0 Å². The van der Waals surface area contributed by atoms with Crippen LogP contribution in [0.3, 0.4) is 0 Å². The van der Waals surface area contributed by atoms with E-state index in [1.54, 1.807) is 12.0 Å². The highest BCUT2D eigenvalue weighted by Gasteiger charge is 2.53. The third-order valence-electron chi connectivity index (χ3n) is 11.0. The van der Waals surface area contributed by atoms with Crippen LogP contribution in [0.15, 0.2) is 60.9 Å². The maximum absolute atomic E-state index is 11.8. The van der Waals surface area contributed by atoms with Gasteiger partial charge in [-0.1, -0.05) is 39.0 Å². The standard InChI is InChI=1S/C37H45N7O3/c1-36(2,3)33-31(21-44(33)35(45)46)41-17-14-37(15-18-41)22-42(23-37)25-11-12-29(32(19-25)47-4)40-34-38-16-13-28(39-34)27-20-43(24-9-10-24)30-8-6-5-7-26(27)30/h5-8,11-13,16,19-20,24,31,33H,9-10,14-15,17-18,21-23H2,1-4H3,(H,45,46)(H,38,39,40). The molecule has 1 spiro atoms. The van der Waals surface area contributed by atoms with Crippen LogP contribution in [-0.4, -0.2) is 87.5 Å². The molecule has 4 fully saturated rings. The molecule has 3 saturated heterocycles. The van der Waals surface area contributed by atoms with E-state index >= 15 is 0 Å². The molecule has 1 aliphatic carbocycles. The second kappa shape index (κ2) is 11.1. The number of piperidine rings is 1. The van der Waals surface area contributed by atoms with Crippen molar-refractivity contribution in [3.63, 3.8) is 0 Å². The molecule has 2 unspecified atom stereocenters. The summed E-state index contributed by atoms with van der Waals surface area (Å²) in [5.41, 5.74) is 5.53. The van der Waals surface area contributed by atoms with Crippen LogP contribution in [0.4, 0.5) is 22.1 Å². The maximum Gasteiger partial charge on any atom is 0.407 e. The SMILES string of the molecule is COc1cc(N2CC3(CCN(C4CN(C(=O)O)C4C(C)(C)C)CC3)C2)ccc1Nc1nccc(-c2cn(C3CC3)c3ccccc23)n1. The van der Waals surface area contributed by atoms with Gasteiger partial charge in [0.1, 0.15) is 5.75 Å². The molecule has 5 heterocycles. The summed E-state index contributed by atoms with van der Waals surface area (Å²) in [6.45, 7) is 11.2. The van der Waals surface area contributed by atoms with Gasteiger partial charge >= 0.3 is 6.09 Å². The normalized spacial score (nSPS) is 22.6. The van der Waals surface area contributed by atoms with Crippen molar-refractivity contribution in [3.8, 4) is 17.0 Å².